The van der Waals surface area contributed by atoms with Crippen LogP contribution in [0.5, 0.6) is 0 Å². The zero-order chi connectivity index (χ0) is 19.2. The van der Waals surface area contributed by atoms with Gasteiger partial charge in [0, 0.05) is 35.8 Å². The molecule has 27 heavy (non-hydrogen) atoms. The van der Waals surface area contributed by atoms with E-state index in [2.05, 4.69) is 33.6 Å². The third-order valence-corrected chi connectivity index (χ3v) is 4.96. The van der Waals surface area contributed by atoms with Crippen molar-refractivity contribution >= 4 is 16.8 Å². The number of hydrogen-bond donors (Lipinski definition) is 2. The van der Waals surface area contributed by atoms with E-state index < -0.39 is 0 Å². The van der Waals surface area contributed by atoms with Gasteiger partial charge in [-0.15, -0.1) is 0 Å². The summed E-state index contributed by atoms with van der Waals surface area (Å²) in [4.78, 5) is 15.5. The molecule has 3 aromatic rings. The maximum Gasteiger partial charge on any atom is 0.220 e. The largest absolute Gasteiger partial charge is 0.361 e. The normalized spacial score (nSPS) is 10.9. The lowest BCUT2D eigenvalue weighted by molar-refractivity contribution is -0.121. The first-order chi connectivity index (χ1) is 13.1. The Morgan fingerprint density at radius 3 is 2.93 bits per heavy atom. The molecule has 0 saturated carbocycles. The predicted molar refractivity (Wildman–Crippen MR) is 105 cm³/mol. The Bertz CT molecular complexity index is 976. The first-order valence-corrected chi connectivity index (χ1v) is 9.31. The summed E-state index contributed by atoms with van der Waals surface area (Å²) in [5.74, 6) is 0.0541. The van der Waals surface area contributed by atoms with Crippen molar-refractivity contribution in [2.75, 3.05) is 6.54 Å². The molecular weight excluding hydrogens is 338 g/mol. The van der Waals surface area contributed by atoms with Gasteiger partial charge in [0.1, 0.15) is 0 Å². The molecule has 2 aromatic heterocycles. The van der Waals surface area contributed by atoms with Gasteiger partial charge in [-0.25, -0.2) is 0 Å². The molecule has 1 aromatic carbocycles. The summed E-state index contributed by atoms with van der Waals surface area (Å²) >= 11 is 0. The zero-order valence-electron chi connectivity index (χ0n) is 15.9. The first kappa shape index (κ1) is 18.7. The number of aromatic nitrogens is 3. The van der Waals surface area contributed by atoms with E-state index in [1.165, 1.54) is 10.9 Å². The molecular formula is C21H25N5O. The Morgan fingerprint density at radius 2 is 2.11 bits per heavy atom. The highest BCUT2D eigenvalue weighted by Crippen LogP contribution is 2.18. The second-order valence-electron chi connectivity index (χ2n) is 6.74. The molecule has 0 radical (unpaired) electrons. The lowest BCUT2D eigenvalue weighted by Gasteiger charge is -2.06. The standard InChI is InChI=1S/C21H25N5O/c1-15-18(16(2)26(25-15)13-5-11-22)8-9-21(27)23-12-10-17-14-24-20-7-4-3-6-19(17)20/h3-4,6-7,14,24H,5,8-10,12-13H2,1-2H3,(H,23,27). The van der Waals surface area contributed by atoms with E-state index in [1.807, 2.05) is 36.9 Å². The van der Waals surface area contributed by atoms with Crippen molar-refractivity contribution in [1.29, 1.82) is 5.26 Å². The van der Waals surface area contributed by atoms with Crippen LogP contribution < -0.4 is 5.32 Å². The van der Waals surface area contributed by atoms with E-state index in [0.717, 1.165) is 28.9 Å². The number of carbonyl (C=O) groups is 1. The van der Waals surface area contributed by atoms with Crippen LogP contribution in [0, 0.1) is 25.2 Å². The van der Waals surface area contributed by atoms with E-state index >= 15 is 0 Å². The number of nitrogens with zero attached hydrogens (tertiary/aromatic N) is 3. The van der Waals surface area contributed by atoms with Crippen LogP contribution >= 0.6 is 0 Å². The number of fused-ring (bicyclic) bond motifs is 1. The fourth-order valence-electron chi connectivity index (χ4n) is 3.47. The van der Waals surface area contributed by atoms with E-state index in [9.17, 15) is 4.79 Å². The second-order valence-corrected chi connectivity index (χ2v) is 6.74. The molecule has 0 aliphatic carbocycles. The topological polar surface area (TPSA) is 86.5 Å². The molecule has 0 saturated heterocycles. The van der Waals surface area contributed by atoms with Crippen LogP contribution in [0.1, 0.15) is 35.4 Å². The van der Waals surface area contributed by atoms with Crippen LogP contribution in [0.25, 0.3) is 10.9 Å². The highest BCUT2D eigenvalue weighted by molar-refractivity contribution is 5.83. The summed E-state index contributed by atoms with van der Waals surface area (Å²) in [6.07, 6.45) is 4.37. The smallest absolute Gasteiger partial charge is 0.220 e. The van der Waals surface area contributed by atoms with Crippen molar-refractivity contribution in [2.24, 2.45) is 0 Å². The molecule has 0 spiro atoms. The molecule has 0 aliphatic rings. The first-order valence-electron chi connectivity index (χ1n) is 9.31. The van der Waals surface area contributed by atoms with Gasteiger partial charge in [-0.1, -0.05) is 18.2 Å². The molecule has 0 aliphatic heterocycles. The summed E-state index contributed by atoms with van der Waals surface area (Å²) in [6.45, 7) is 5.18. The van der Waals surface area contributed by atoms with Crippen molar-refractivity contribution in [3.05, 3.63) is 53.0 Å². The Labute approximate surface area is 159 Å². The molecule has 6 heteroatoms. The van der Waals surface area contributed by atoms with E-state index in [4.69, 9.17) is 5.26 Å². The highest BCUT2D eigenvalue weighted by Gasteiger charge is 2.13. The Hall–Kier alpha value is -3.07. The van der Waals surface area contributed by atoms with Crippen molar-refractivity contribution < 1.29 is 4.79 Å². The zero-order valence-corrected chi connectivity index (χ0v) is 15.9. The maximum atomic E-state index is 12.2. The van der Waals surface area contributed by atoms with Crippen molar-refractivity contribution in [3.8, 4) is 6.07 Å². The molecule has 2 N–H and O–H groups in total. The van der Waals surface area contributed by atoms with Crippen molar-refractivity contribution in [3.63, 3.8) is 0 Å². The molecule has 3 rings (SSSR count). The number of aromatic amines is 1. The van der Waals surface area contributed by atoms with E-state index in [0.29, 0.717) is 32.4 Å². The SMILES string of the molecule is Cc1nn(CCC#N)c(C)c1CCC(=O)NCCc1c[nH]c2ccccc12. The summed E-state index contributed by atoms with van der Waals surface area (Å²) in [6, 6.07) is 10.3. The van der Waals surface area contributed by atoms with Gasteiger partial charge in [-0.3, -0.25) is 9.48 Å². The number of nitrogens with one attached hydrogen (secondary N) is 2. The third kappa shape index (κ3) is 4.37. The molecule has 0 bridgehead atoms. The minimum absolute atomic E-state index is 0.0541. The number of benzene rings is 1. The number of nitriles is 1. The molecule has 0 unspecified atom stereocenters. The van der Waals surface area contributed by atoms with Gasteiger partial charge in [-0.05, 0) is 43.9 Å². The number of carbonyl (C=O) groups excluding carboxylic acids is 1. The molecule has 1 amide bonds. The average Bonchev–Trinajstić information content (AvgIpc) is 3.19. The van der Waals surface area contributed by atoms with Gasteiger partial charge >= 0.3 is 0 Å². The lowest BCUT2D eigenvalue weighted by atomic mass is 10.1. The van der Waals surface area contributed by atoms with E-state index in [-0.39, 0.29) is 5.91 Å². The second kappa shape index (κ2) is 8.54. The molecule has 0 atom stereocenters. The fraction of sp³-hybridized carbons (Fsp3) is 0.381. The highest BCUT2D eigenvalue weighted by atomic mass is 16.1. The van der Waals surface area contributed by atoms with E-state index in [1.54, 1.807) is 0 Å². The quantitative estimate of drug-likeness (QED) is 0.644. The number of amides is 1. The van der Waals surface area contributed by atoms with Crippen LogP contribution in [0.2, 0.25) is 0 Å². The predicted octanol–water partition coefficient (Wildman–Crippen LogP) is 3.19. The van der Waals surface area contributed by atoms with Crippen LogP contribution in [-0.4, -0.2) is 27.2 Å². The van der Waals surface area contributed by atoms with Gasteiger partial charge in [0.05, 0.1) is 24.7 Å². The number of para-hydroxylation sites is 1. The van der Waals surface area contributed by atoms with Gasteiger partial charge in [0.2, 0.25) is 5.91 Å². The minimum atomic E-state index is 0.0541. The fourth-order valence-corrected chi connectivity index (χ4v) is 3.47. The third-order valence-electron chi connectivity index (χ3n) is 4.96. The molecule has 6 nitrogen and oxygen atoms in total. The lowest BCUT2D eigenvalue weighted by Crippen LogP contribution is -2.25. The van der Waals surface area contributed by atoms with Crippen molar-refractivity contribution in [2.45, 2.75) is 46.1 Å². The average molecular weight is 363 g/mol. The van der Waals surface area contributed by atoms with Crippen LogP contribution in [0.15, 0.2) is 30.5 Å². The van der Waals surface area contributed by atoms with Gasteiger partial charge in [0.25, 0.3) is 0 Å². The van der Waals surface area contributed by atoms with Gasteiger partial charge in [-0.2, -0.15) is 10.4 Å². The summed E-state index contributed by atoms with van der Waals surface area (Å²) in [5.41, 5.74) is 5.45. The Morgan fingerprint density at radius 1 is 1.30 bits per heavy atom. The summed E-state index contributed by atoms with van der Waals surface area (Å²) in [5, 5.41) is 17.4. The number of hydrogen-bond acceptors (Lipinski definition) is 3. The number of aryl methyl sites for hydroxylation is 2. The Kier molecular flexibility index (Phi) is 5.92. The molecule has 0 fully saturated rings. The number of H-pyrrole nitrogens is 1. The minimum Gasteiger partial charge on any atom is -0.361 e. The van der Waals surface area contributed by atoms with Crippen LogP contribution in [0.4, 0.5) is 0 Å². The maximum absolute atomic E-state index is 12.2. The van der Waals surface area contributed by atoms with Crippen LogP contribution in [-0.2, 0) is 24.2 Å². The van der Waals surface area contributed by atoms with Gasteiger partial charge < -0.3 is 10.3 Å². The molecule has 140 valence electrons. The Balaban J connectivity index is 1.49. The van der Waals surface area contributed by atoms with Crippen LogP contribution in [0.3, 0.4) is 0 Å². The van der Waals surface area contributed by atoms with Crippen molar-refractivity contribution in [1.82, 2.24) is 20.1 Å². The van der Waals surface area contributed by atoms with Gasteiger partial charge in [0.15, 0.2) is 0 Å². The summed E-state index contributed by atoms with van der Waals surface area (Å²) < 4.78 is 1.86. The summed E-state index contributed by atoms with van der Waals surface area (Å²) in [7, 11) is 0. The molecule has 2 heterocycles. The monoisotopic (exact) mass is 363 g/mol. The number of rotatable bonds is 8.